The summed E-state index contributed by atoms with van der Waals surface area (Å²) in [5, 5.41) is 13.6. The maximum absolute atomic E-state index is 10.3. The SMILES string of the molecule is Cc1ccc(-c2cccc([C@@H](O)CNC(C)(C)C)n2)cc1.S. The van der Waals surface area contributed by atoms with Crippen molar-refractivity contribution < 1.29 is 5.11 Å². The van der Waals surface area contributed by atoms with Gasteiger partial charge in [0.25, 0.3) is 0 Å². The van der Waals surface area contributed by atoms with E-state index in [4.69, 9.17) is 0 Å². The van der Waals surface area contributed by atoms with Crippen LogP contribution in [0.4, 0.5) is 0 Å². The number of aliphatic hydroxyl groups excluding tert-OH is 1. The second-order valence-corrected chi connectivity index (χ2v) is 6.46. The first-order valence-corrected chi connectivity index (χ1v) is 7.32. The average molecular weight is 318 g/mol. The summed E-state index contributed by atoms with van der Waals surface area (Å²) in [5.41, 5.74) is 3.87. The number of aromatic nitrogens is 1. The maximum atomic E-state index is 10.3. The Morgan fingerprint density at radius 3 is 2.32 bits per heavy atom. The summed E-state index contributed by atoms with van der Waals surface area (Å²) in [6.45, 7) is 8.80. The molecule has 1 heterocycles. The molecule has 0 aliphatic heterocycles. The fraction of sp³-hybridized carbons (Fsp3) is 0.389. The minimum atomic E-state index is -0.602. The van der Waals surface area contributed by atoms with Gasteiger partial charge in [-0.3, -0.25) is 4.98 Å². The summed E-state index contributed by atoms with van der Waals surface area (Å²) in [5.74, 6) is 0. The Bertz CT molecular complexity index is 591. The Hall–Kier alpha value is -1.36. The predicted molar refractivity (Wildman–Crippen MR) is 97.5 cm³/mol. The Balaban J connectivity index is 0.00000242. The lowest BCUT2D eigenvalue weighted by Crippen LogP contribution is -2.38. The zero-order valence-electron chi connectivity index (χ0n) is 13.7. The summed E-state index contributed by atoms with van der Waals surface area (Å²) in [7, 11) is 0. The maximum Gasteiger partial charge on any atom is 0.108 e. The van der Waals surface area contributed by atoms with Crippen LogP contribution >= 0.6 is 13.5 Å². The van der Waals surface area contributed by atoms with Gasteiger partial charge in [-0.25, -0.2) is 0 Å². The topological polar surface area (TPSA) is 45.1 Å². The van der Waals surface area contributed by atoms with Crippen molar-refractivity contribution >= 4 is 13.5 Å². The largest absolute Gasteiger partial charge is 0.385 e. The van der Waals surface area contributed by atoms with E-state index in [1.165, 1.54) is 5.56 Å². The number of hydrogen-bond donors (Lipinski definition) is 2. The van der Waals surface area contributed by atoms with Gasteiger partial charge in [0.2, 0.25) is 0 Å². The van der Waals surface area contributed by atoms with Gasteiger partial charge in [-0.2, -0.15) is 13.5 Å². The number of hydrogen-bond acceptors (Lipinski definition) is 3. The molecule has 0 unspecified atom stereocenters. The molecule has 1 atom stereocenters. The molecule has 3 nitrogen and oxygen atoms in total. The molecular formula is C18H26N2OS. The van der Waals surface area contributed by atoms with E-state index in [-0.39, 0.29) is 19.0 Å². The van der Waals surface area contributed by atoms with Crippen LogP contribution in [0.5, 0.6) is 0 Å². The Morgan fingerprint density at radius 1 is 1.09 bits per heavy atom. The van der Waals surface area contributed by atoms with Gasteiger partial charge in [0, 0.05) is 17.6 Å². The van der Waals surface area contributed by atoms with Crippen molar-refractivity contribution in [1.82, 2.24) is 10.3 Å². The molecule has 0 aliphatic carbocycles. The van der Waals surface area contributed by atoms with Crippen molar-refractivity contribution in [3.05, 3.63) is 53.7 Å². The molecule has 4 heteroatoms. The van der Waals surface area contributed by atoms with Gasteiger partial charge >= 0.3 is 0 Å². The third-order valence-corrected chi connectivity index (χ3v) is 3.29. The summed E-state index contributed by atoms with van der Waals surface area (Å²) in [6, 6.07) is 14.0. The van der Waals surface area contributed by atoms with Crippen LogP contribution in [-0.4, -0.2) is 22.2 Å². The van der Waals surface area contributed by atoms with Crippen LogP contribution in [0.25, 0.3) is 11.3 Å². The van der Waals surface area contributed by atoms with Gasteiger partial charge < -0.3 is 10.4 Å². The highest BCUT2D eigenvalue weighted by Crippen LogP contribution is 2.20. The van der Waals surface area contributed by atoms with Crippen molar-refractivity contribution in [1.29, 1.82) is 0 Å². The lowest BCUT2D eigenvalue weighted by molar-refractivity contribution is 0.159. The molecule has 0 saturated heterocycles. The number of aryl methyl sites for hydroxylation is 1. The van der Waals surface area contributed by atoms with E-state index < -0.39 is 6.10 Å². The molecule has 0 saturated carbocycles. The van der Waals surface area contributed by atoms with Crippen LogP contribution in [0.2, 0.25) is 0 Å². The first kappa shape index (κ1) is 18.7. The Kier molecular flexibility index (Phi) is 6.60. The molecule has 0 aliphatic rings. The molecule has 120 valence electrons. The van der Waals surface area contributed by atoms with Gasteiger partial charge in [-0.15, -0.1) is 0 Å². The number of rotatable bonds is 4. The first-order chi connectivity index (χ1) is 9.85. The fourth-order valence-corrected chi connectivity index (χ4v) is 2.03. The molecule has 0 amide bonds. The highest BCUT2D eigenvalue weighted by Gasteiger charge is 2.15. The smallest absolute Gasteiger partial charge is 0.108 e. The second kappa shape index (κ2) is 7.77. The third kappa shape index (κ3) is 5.44. The zero-order valence-corrected chi connectivity index (χ0v) is 14.7. The van der Waals surface area contributed by atoms with E-state index in [0.717, 1.165) is 11.3 Å². The molecule has 0 spiro atoms. The van der Waals surface area contributed by atoms with Crippen LogP contribution in [0.15, 0.2) is 42.5 Å². The second-order valence-electron chi connectivity index (χ2n) is 6.46. The van der Waals surface area contributed by atoms with E-state index in [2.05, 4.69) is 62.3 Å². The van der Waals surface area contributed by atoms with Crippen LogP contribution in [0.1, 0.15) is 38.1 Å². The molecule has 2 N–H and O–H groups in total. The van der Waals surface area contributed by atoms with Gasteiger partial charge in [-0.1, -0.05) is 35.9 Å². The first-order valence-electron chi connectivity index (χ1n) is 7.32. The van der Waals surface area contributed by atoms with Crippen LogP contribution < -0.4 is 5.32 Å². The molecule has 1 aromatic heterocycles. The number of nitrogens with zero attached hydrogens (tertiary/aromatic N) is 1. The van der Waals surface area contributed by atoms with Crippen LogP contribution in [0.3, 0.4) is 0 Å². The highest BCUT2D eigenvalue weighted by molar-refractivity contribution is 7.59. The minimum absolute atomic E-state index is 0. The van der Waals surface area contributed by atoms with E-state index in [0.29, 0.717) is 12.2 Å². The molecule has 0 bridgehead atoms. The van der Waals surface area contributed by atoms with E-state index in [1.54, 1.807) is 0 Å². The zero-order chi connectivity index (χ0) is 15.5. The molecule has 2 rings (SSSR count). The van der Waals surface area contributed by atoms with Crippen molar-refractivity contribution in [2.75, 3.05) is 6.54 Å². The summed E-state index contributed by atoms with van der Waals surface area (Å²) >= 11 is 0. The third-order valence-electron chi connectivity index (χ3n) is 3.29. The molecule has 0 radical (unpaired) electrons. The normalized spacial score (nSPS) is 12.6. The van der Waals surface area contributed by atoms with Crippen molar-refractivity contribution in [3.8, 4) is 11.3 Å². The number of nitrogens with one attached hydrogen (secondary N) is 1. The number of benzene rings is 1. The molecule has 0 fully saturated rings. The predicted octanol–water partition coefficient (Wildman–Crippen LogP) is 3.59. The van der Waals surface area contributed by atoms with Gasteiger partial charge in [0.1, 0.15) is 6.10 Å². The quantitative estimate of drug-likeness (QED) is 0.905. The monoisotopic (exact) mass is 318 g/mol. The minimum Gasteiger partial charge on any atom is -0.385 e. The molecular weight excluding hydrogens is 292 g/mol. The number of aliphatic hydroxyl groups is 1. The van der Waals surface area contributed by atoms with Gasteiger partial charge in [0.05, 0.1) is 11.4 Å². The number of pyridine rings is 1. The number of β-amino-alcohol motifs (C(OH)–C–C–N with tert-alkyl or cyclic N) is 1. The van der Waals surface area contributed by atoms with Crippen molar-refractivity contribution in [2.45, 2.75) is 39.3 Å². The fourth-order valence-electron chi connectivity index (χ4n) is 2.03. The van der Waals surface area contributed by atoms with E-state index >= 15 is 0 Å². The molecule has 2 aromatic rings. The van der Waals surface area contributed by atoms with E-state index in [1.807, 2.05) is 18.2 Å². The summed E-state index contributed by atoms with van der Waals surface area (Å²) in [4.78, 5) is 4.58. The molecule has 22 heavy (non-hydrogen) atoms. The van der Waals surface area contributed by atoms with Crippen LogP contribution in [-0.2, 0) is 0 Å². The standard InChI is InChI=1S/C18H24N2O.H2S/c1-13-8-10-14(11-9-13)15-6-5-7-16(20-15)17(21)12-19-18(2,3)4;/h5-11,17,19,21H,12H2,1-4H3;1H2/t17-;/m0./s1. The highest BCUT2D eigenvalue weighted by atomic mass is 32.1. The Morgan fingerprint density at radius 2 is 1.73 bits per heavy atom. The van der Waals surface area contributed by atoms with Crippen molar-refractivity contribution in [2.24, 2.45) is 0 Å². The van der Waals surface area contributed by atoms with Crippen LogP contribution in [0, 0.1) is 6.92 Å². The average Bonchev–Trinajstić information content (AvgIpc) is 2.45. The lowest BCUT2D eigenvalue weighted by Gasteiger charge is -2.22. The summed E-state index contributed by atoms with van der Waals surface area (Å²) < 4.78 is 0. The lowest BCUT2D eigenvalue weighted by atomic mass is 10.1. The molecule has 1 aromatic carbocycles. The van der Waals surface area contributed by atoms with E-state index in [9.17, 15) is 5.11 Å². The van der Waals surface area contributed by atoms with Crippen molar-refractivity contribution in [3.63, 3.8) is 0 Å². The summed E-state index contributed by atoms with van der Waals surface area (Å²) in [6.07, 6.45) is -0.602. The Labute approximate surface area is 140 Å². The van der Waals surface area contributed by atoms with Gasteiger partial charge in [-0.05, 0) is 39.8 Å². The van der Waals surface area contributed by atoms with Gasteiger partial charge in [0.15, 0.2) is 0 Å².